The molecular formula is C16H19N3OS. The second-order valence-corrected chi connectivity index (χ2v) is 5.48. The van der Waals surface area contributed by atoms with Gasteiger partial charge in [-0.2, -0.15) is 11.3 Å². The molecule has 0 bridgehead atoms. The minimum Gasteiger partial charge on any atom is -0.412 e. The van der Waals surface area contributed by atoms with Gasteiger partial charge in [-0.3, -0.25) is 4.99 Å². The third-order valence-electron chi connectivity index (χ3n) is 3.34. The van der Waals surface area contributed by atoms with Crippen LogP contribution in [0, 0.1) is 0 Å². The number of benzene rings is 1. The Kier molecular flexibility index (Phi) is 5.25. The molecule has 0 radical (unpaired) electrons. The molecule has 0 atom stereocenters. The number of rotatable bonds is 5. The van der Waals surface area contributed by atoms with E-state index in [2.05, 4.69) is 56.5 Å². The Labute approximate surface area is 128 Å². The highest BCUT2D eigenvalue weighted by Gasteiger charge is 2.02. The Morgan fingerprint density at radius 3 is 3.00 bits per heavy atom. The van der Waals surface area contributed by atoms with Crippen LogP contribution in [-0.4, -0.2) is 27.8 Å². The summed E-state index contributed by atoms with van der Waals surface area (Å²) in [5, 5.41) is 4.17. The monoisotopic (exact) mass is 301 g/mol. The zero-order chi connectivity index (χ0) is 13.8. The molecule has 4 nitrogen and oxygen atoms in total. The molecule has 0 aliphatic carbocycles. The molecule has 0 saturated heterocycles. The molecule has 2 heterocycles. The highest BCUT2D eigenvalue weighted by molar-refractivity contribution is 7.08. The second-order valence-electron chi connectivity index (χ2n) is 4.70. The molecule has 0 spiro atoms. The van der Waals surface area contributed by atoms with Gasteiger partial charge in [-0.25, -0.2) is 4.98 Å². The third-order valence-corrected chi connectivity index (χ3v) is 4.04. The predicted octanol–water partition coefficient (Wildman–Crippen LogP) is 2.95. The van der Waals surface area contributed by atoms with E-state index in [1.807, 2.05) is 12.5 Å². The van der Waals surface area contributed by atoms with E-state index in [9.17, 15) is 0 Å². The van der Waals surface area contributed by atoms with Crippen LogP contribution >= 0.6 is 11.3 Å². The Balaban J connectivity index is 0.00000161. The number of hydrogen-bond donors (Lipinski definition) is 0. The minimum absolute atomic E-state index is 0. The van der Waals surface area contributed by atoms with Crippen molar-refractivity contribution in [3.8, 4) is 0 Å². The molecule has 3 aromatic rings. The van der Waals surface area contributed by atoms with E-state index in [0.717, 1.165) is 25.0 Å². The topological polar surface area (TPSA) is 61.7 Å². The Morgan fingerprint density at radius 1 is 1.33 bits per heavy atom. The van der Waals surface area contributed by atoms with E-state index in [1.54, 1.807) is 11.3 Å². The molecule has 0 unspecified atom stereocenters. The molecule has 5 heteroatoms. The lowest BCUT2D eigenvalue weighted by molar-refractivity contribution is 0.787. The van der Waals surface area contributed by atoms with E-state index in [1.165, 1.54) is 16.6 Å². The number of fused-ring (bicyclic) bond motifs is 1. The molecular weight excluding hydrogens is 282 g/mol. The number of thiophene rings is 1. The fraction of sp³-hybridized carbons (Fsp3) is 0.250. The maximum atomic E-state index is 4.47. The fourth-order valence-corrected chi connectivity index (χ4v) is 2.84. The van der Waals surface area contributed by atoms with Crippen molar-refractivity contribution in [1.82, 2.24) is 9.55 Å². The first-order valence-electron chi connectivity index (χ1n) is 6.82. The molecule has 1 aromatic carbocycles. The average molecular weight is 301 g/mol. The standard InChI is InChI=1S/C16H17N3S.H2O/c1-2-19-12-18-15-9-13(3-4-16(15)19)5-7-17-10-14-6-8-20-11-14;/h3-4,6,8-12H,2,5,7H2,1H3;1H2. The normalized spacial score (nSPS) is 11.1. The number of aliphatic imine (C=N–C) groups is 1. The lowest BCUT2D eigenvalue weighted by Gasteiger charge is -2.01. The molecule has 2 aromatic heterocycles. The number of imidazole rings is 1. The molecule has 0 fully saturated rings. The van der Waals surface area contributed by atoms with Crippen LogP contribution in [0.25, 0.3) is 11.0 Å². The van der Waals surface area contributed by atoms with Gasteiger partial charge in [0, 0.05) is 24.9 Å². The number of aryl methyl sites for hydroxylation is 1. The van der Waals surface area contributed by atoms with Gasteiger partial charge < -0.3 is 10.0 Å². The predicted molar refractivity (Wildman–Crippen MR) is 89.5 cm³/mol. The minimum atomic E-state index is 0. The molecule has 21 heavy (non-hydrogen) atoms. The molecule has 0 amide bonds. The third kappa shape index (κ3) is 3.56. The van der Waals surface area contributed by atoms with E-state index in [-0.39, 0.29) is 5.48 Å². The van der Waals surface area contributed by atoms with Crippen LogP contribution in [0.1, 0.15) is 18.1 Å². The quantitative estimate of drug-likeness (QED) is 0.668. The highest BCUT2D eigenvalue weighted by atomic mass is 32.1. The van der Waals surface area contributed by atoms with Crippen molar-refractivity contribution in [3.63, 3.8) is 0 Å². The summed E-state index contributed by atoms with van der Waals surface area (Å²) in [6.07, 6.45) is 4.81. The first-order chi connectivity index (χ1) is 9.86. The van der Waals surface area contributed by atoms with Gasteiger partial charge in [0.25, 0.3) is 0 Å². The van der Waals surface area contributed by atoms with Crippen LogP contribution in [0.4, 0.5) is 0 Å². The zero-order valence-electron chi connectivity index (χ0n) is 12.0. The maximum absolute atomic E-state index is 4.47. The van der Waals surface area contributed by atoms with Crippen LogP contribution in [-0.2, 0) is 13.0 Å². The van der Waals surface area contributed by atoms with Crippen molar-refractivity contribution in [3.05, 3.63) is 52.5 Å². The summed E-state index contributed by atoms with van der Waals surface area (Å²) < 4.78 is 2.16. The molecule has 110 valence electrons. The Hall–Kier alpha value is -1.98. The second kappa shape index (κ2) is 7.15. The summed E-state index contributed by atoms with van der Waals surface area (Å²) in [6.45, 7) is 3.91. The zero-order valence-corrected chi connectivity index (χ0v) is 12.8. The number of aromatic nitrogens is 2. The van der Waals surface area contributed by atoms with E-state index in [4.69, 9.17) is 0 Å². The molecule has 0 aliphatic heterocycles. The van der Waals surface area contributed by atoms with Crippen molar-refractivity contribution in [2.45, 2.75) is 19.9 Å². The first kappa shape index (κ1) is 15.4. The average Bonchev–Trinajstić information content (AvgIpc) is 3.12. The Morgan fingerprint density at radius 2 is 2.24 bits per heavy atom. The van der Waals surface area contributed by atoms with Gasteiger partial charge >= 0.3 is 0 Å². The fourth-order valence-electron chi connectivity index (χ4n) is 2.23. The smallest absolute Gasteiger partial charge is 0.0958 e. The van der Waals surface area contributed by atoms with Crippen molar-refractivity contribution in [2.75, 3.05) is 6.54 Å². The summed E-state index contributed by atoms with van der Waals surface area (Å²) >= 11 is 1.70. The lowest BCUT2D eigenvalue weighted by Crippen LogP contribution is -1.93. The summed E-state index contributed by atoms with van der Waals surface area (Å²) in [6, 6.07) is 8.58. The van der Waals surface area contributed by atoms with E-state index in [0.29, 0.717) is 0 Å². The van der Waals surface area contributed by atoms with Crippen molar-refractivity contribution >= 4 is 28.6 Å². The molecule has 2 N–H and O–H groups in total. The van der Waals surface area contributed by atoms with Crippen molar-refractivity contribution in [1.29, 1.82) is 0 Å². The summed E-state index contributed by atoms with van der Waals surface area (Å²) in [5.41, 5.74) is 4.76. The van der Waals surface area contributed by atoms with Gasteiger partial charge in [-0.05, 0) is 47.9 Å². The number of hydrogen-bond acceptors (Lipinski definition) is 3. The van der Waals surface area contributed by atoms with Crippen LogP contribution < -0.4 is 0 Å². The van der Waals surface area contributed by atoms with Gasteiger partial charge in [-0.15, -0.1) is 0 Å². The summed E-state index contributed by atoms with van der Waals surface area (Å²) in [5.74, 6) is 0. The van der Waals surface area contributed by atoms with Gasteiger partial charge in [0.15, 0.2) is 0 Å². The Bertz CT molecular complexity index is 716. The largest absolute Gasteiger partial charge is 0.412 e. The molecule has 0 aliphatic rings. The first-order valence-corrected chi connectivity index (χ1v) is 7.77. The van der Waals surface area contributed by atoms with Gasteiger partial charge in [0.2, 0.25) is 0 Å². The maximum Gasteiger partial charge on any atom is 0.0958 e. The summed E-state index contributed by atoms with van der Waals surface area (Å²) in [4.78, 5) is 8.91. The molecule has 0 saturated carbocycles. The van der Waals surface area contributed by atoms with Crippen LogP contribution in [0.5, 0.6) is 0 Å². The lowest BCUT2D eigenvalue weighted by atomic mass is 10.1. The van der Waals surface area contributed by atoms with Crippen LogP contribution in [0.2, 0.25) is 0 Å². The SMILES string of the molecule is CCn1cnc2cc(CCN=Cc3ccsc3)ccc21.O. The highest BCUT2D eigenvalue weighted by Crippen LogP contribution is 2.15. The van der Waals surface area contributed by atoms with Crippen LogP contribution in [0.15, 0.2) is 46.3 Å². The van der Waals surface area contributed by atoms with E-state index < -0.39 is 0 Å². The number of nitrogens with zero attached hydrogens (tertiary/aromatic N) is 3. The summed E-state index contributed by atoms with van der Waals surface area (Å²) in [7, 11) is 0. The van der Waals surface area contributed by atoms with E-state index >= 15 is 0 Å². The van der Waals surface area contributed by atoms with Crippen molar-refractivity contribution < 1.29 is 5.48 Å². The van der Waals surface area contributed by atoms with Crippen LogP contribution in [0.3, 0.4) is 0 Å². The van der Waals surface area contributed by atoms with Crippen molar-refractivity contribution in [2.24, 2.45) is 4.99 Å². The van der Waals surface area contributed by atoms with Gasteiger partial charge in [0.05, 0.1) is 17.4 Å². The van der Waals surface area contributed by atoms with Gasteiger partial charge in [0.1, 0.15) is 0 Å². The molecule has 3 rings (SSSR count). The van der Waals surface area contributed by atoms with Gasteiger partial charge in [-0.1, -0.05) is 6.07 Å².